The molecule has 0 heterocycles. The average molecular weight is 494 g/mol. The van der Waals surface area contributed by atoms with Gasteiger partial charge in [0.1, 0.15) is 11.6 Å². The number of halogens is 3. The van der Waals surface area contributed by atoms with Crippen LogP contribution in [-0.4, -0.2) is 18.5 Å². The lowest BCUT2D eigenvalue weighted by atomic mass is 10.1. The third-order valence-electron chi connectivity index (χ3n) is 4.88. The zero-order chi connectivity index (χ0) is 26.3. The minimum absolute atomic E-state index is 0.107. The summed E-state index contributed by atoms with van der Waals surface area (Å²) in [4.78, 5) is 25.0. The van der Waals surface area contributed by atoms with E-state index in [0.29, 0.717) is 11.1 Å². The highest BCUT2D eigenvalue weighted by molar-refractivity contribution is 6.09. The summed E-state index contributed by atoms with van der Waals surface area (Å²) >= 11 is 0. The van der Waals surface area contributed by atoms with E-state index in [-0.39, 0.29) is 29.4 Å². The Bertz CT molecular complexity index is 1340. The standard InChI is InChI=1S/C27H21F3N2O4/c1-3-35-24-14-18(9-12-23(24)36-26(34)19-10-7-17(2)8-11-19)13-20(16-31)25(33)32-22-6-4-5-21(15-22)27(28,29)30/h4-15H,3H2,1-2H3,(H,32,33)/b20-13+. The number of amides is 1. The van der Waals surface area contributed by atoms with E-state index >= 15 is 0 Å². The highest BCUT2D eigenvalue weighted by Gasteiger charge is 2.30. The first-order chi connectivity index (χ1) is 17.1. The molecule has 3 rings (SSSR count). The quantitative estimate of drug-likeness (QED) is 0.183. The molecule has 3 aromatic rings. The summed E-state index contributed by atoms with van der Waals surface area (Å²) in [5.74, 6) is -1.11. The van der Waals surface area contributed by atoms with Crippen molar-refractivity contribution in [2.45, 2.75) is 20.0 Å². The fourth-order valence-corrected chi connectivity index (χ4v) is 3.10. The number of hydrogen-bond acceptors (Lipinski definition) is 5. The van der Waals surface area contributed by atoms with Gasteiger partial charge in [0.25, 0.3) is 5.91 Å². The minimum atomic E-state index is -4.57. The second-order valence-electron chi connectivity index (χ2n) is 7.60. The molecule has 0 aliphatic carbocycles. The van der Waals surface area contributed by atoms with Crippen LogP contribution < -0.4 is 14.8 Å². The topological polar surface area (TPSA) is 88.4 Å². The van der Waals surface area contributed by atoms with E-state index in [0.717, 1.165) is 23.8 Å². The number of hydrogen-bond donors (Lipinski definition) is 1. The molecule has 0 unspecified atom stereocenters. The second kappa shape index (κ2) is 11.2. The molecule has 36 heavy (non-hydrogen) atoms. The summed E-state index contributed by atoms with van der Waals surface area (Å²) in [6.45, 7) is 3.88. The molecule has 0 aliphatic heterocycles. The molecular weight excluding hydrogens is 473 g/mol. The van der Waals surface area contributed by atoms with Crippen molar-refractivity contribution in [1.82, 2.24) is 0 Å². The molecule has 0 aromatic heterocycles. The van der Waals surface area contributed by atoms with Crippen LogP contribution in [0.25, 0.3) is 6.08 Å². The van der Waals surface area contributed by atoms with Crippen LogP contribution in [0.15, 0.2) is 72.3 Å². The largest absolute Gasteiger partial charge is 0.490 e. The van der Waals surface area contributed by atoms with Gasteiger partial charge in [-0.2, -0.15) is 18.4 Å². The van der Waals surface area contributed by atoms with Gasteiger partial charge < -0.3 is 14.8 Å². The summed E-state index contributed by atoms with van der Waals surface area (Å²) in [7, 11) is 0. The molecule has 0 bridgehead atoms. The van der Waals surface area contributed by atoms with Gasteiger partial charge in [0.05, 0.1) is 17.7 Å². The maximum absolute atomic E-state index is 12.9. The summed E-state index contributed by atoms with van der Waals surface area (Å²) in [6, 6.07) is 17.1. The first-order valence-electron chi connectivity index (χ1n) is 10.8. The number of nitriles is 1. The van der Waals surface area contributed by atoms with Crippen LogP contribution in [-0.2, 0) is 11.0 Å². The normalized spacial score (nSPS) is 11.4. The number of anilines is 1. The summed E-state index contributed by atoms with van der Waals surface area (Å²) in [5, 5.41) is 11.7. The molecule has 3 aromatic carbocycles. The van der Waals surface area contributed by atoms with Crippen molar-refractivity contribution in [2.24, 2.45) is 0 Å². The molecule has 1 N–H and O–H groups in total. The van der Waals surface area contributed by atoms with Crippen molar-refractivity contribution in [3.8, 4) is 17.6 Å². The Morgan fingerprint density at radius 3 is 2.39 bits per heavy atom. The smallest absolute Gasteiger partial charge is 0.416 e. The van der Waals surface area contributed by atoms with E-state index in [1.807, 2.05) is 6.92 Å². The maximum Gasteiger partial charge on any atom is 0.416 e. The zero-order valence-corrected chi connectivity index (χ0v) is 19.3. The molecule has 184 valence electrons. The Hall–Kier alpha value is -4.58. The summed E-state index contributed by atoms with van der Waals surface area (Å²) in [5.41, 5.74) is 0.334. The molecule has 0 atom stereocenters. The number of nitrogens with zero attached hydrogens (tertiary/aromatic N) is 1. The number of esters is 1. The van der Waals surface area contributed by atoms with Gasteiger partial charge in [-0.3, -0.25) is 4.79 Å². The Morgan fingerprint density at radius 2 is 1.75 bits per heavy atom. The van der Waals surface area contributed by atoms with E-state index in [4.69, 9.17) is 9.47 Å². The molecule has 9 heteroatoms. The molecule has 0 aliphatic rings. The lowest BCUT2D eigenvalue weighted by Gasteiger charge is -2.12. The Balaban J connectivity index is 1.82. The van der Waals surface area contributed by atoms with E-state index in [1.165, 1.54) is 30.3 Å². The van der Waals surface area contributed by atoms with Crippen LogP contribution in [0.5, 0.6) is 11.5 Å². The molecule has 0 saturated heterocycles. The van der Waals surface area contributed by atoms with Crippen molar-refractivity contribution in [3.63, 3.8) is 0 Å². The average Bonchev–Trinajstić information content (AvgIpc) is 2.84. The van der Waals surface area contributed by atoms with Crippen LogP contribution in [0.2, 0.25) is 0 Å². The lowest BCUT2D eigenvalue weighted by Crippen LogP contribution is -2.14. The van der Waals surface area contributed by atoms with E-state index < -0.39 is 23.6 Å². The van der Waals surface area contributed by atoms with Gasteiger partial charge in [-0.15, -0.1) is 0 Å². The van der Waals surface area contributed by atoms with Gasteiger partial charge in [0, 0.05) is 5.69 Å². The number of carbonyl (C=O) groups excluding carboxylic acids is 2. The fraction of sp³-hybridized carbons (Fsp3) is 0.148. The molecule has 1 amide bonds. The maximum atomic E-state index is 12.9. The van der Waals surface area contributed by atoms with Gasteiger partial charge in [0.2, 0.25) is 0 Å². The Morgan fingerprint density at radius 1 is 1.03 bits per heavy atom. The van der Waals surface area contributed by atoms with E-state index in [1.54, 1.807) is 37.3 Å². The zero-order valence-electron chi connectivity index (χ0n) is 19.3. The second-order valence-corrected chi connectivity index (χ2v) is 7.60. The molecule has 0 radical (unpaired) electrons. The number of nitrogens with one attached hydrogen (secondary N) is 1. The lowest BCUT2D eigenvalue weighted by molar-refractivity contribution is -0.137. The van der Waals surface area contributed by atoms with Crippen molar-refractivity contribution >= 4 is 23.6 Å². The first kappa shape index (κ1) is 26.0. The van der Waals surface area contributed by atoms with Crippen molar-refractivity contribution in [1.29, 1.82) is 5.26 Å². The van der Waals surface area contributed by atoms with Crippen LogP contribution in [0.1, 0.15) is 34.0 Å². The van der Waals surface area contributed by atoms with E-state index in [2.05, 4.69) is 5.32 Å². The van der Waals surface area contributed by atoms with Crippen molar-refractivity contribution < 1.29 is 32.2 Å². The number of alkyl halides is 3. The SMILES string of the molecule is CCOc1cc(/C=C(\C#N)C(=O)Nc2cccc(C(F)(F)F)c2)ccc1OC(=O)c1ccc(C)cc1. The highest BCUT2D eigenvalue weighted by Crippen LogP contribution is 2.32. The number of rotatable bonds is 7. The highest BCUT2D eigenvalue weighted by atomic mass is 19.4. The predicted molar refractivity (Wildman–Crippen MR) is 127 cm³/mol. The van der Waals surface area contributed by atoms with Gasteiger partial charge >= 0.3 is 12.1 Å². The van der Waals surface area contributed by atoms with Crippen LogP contribution >= 0.6 is 0 Å². The molecule has 0 fully saturated rings. The number of benzene rings is 3. The van der Waals surface area contributed by atoms with Crippen LogP contribution in [0.3, 0.4) is 0 Å². The van der Waals surface area contributed by atoms with Crippen LogP contribution in [0, 0.1) is 18.3 Å². The third kappa shape index (κ3) is 6.73. The number of ether oxygens (including phenoxy) is 2. The molecule has 6 nitrogen and oxygen atoms in total. The summed E-state index contributed by atoms with van der Waals surface area (Å²) in [6.07, 6.45) is -3.33. The molecular formula is C27H21F3N2O4. The first-order valence-corrected chi connectivity index (χ1v) is 10.8. The van der Waals surface area contributed by atoms with Crippen molar-refractivity contribution in [2.75, 3.05) is 11.9 Å². The summed E-state index contributed by atoms with van der Waals surface area (Å²) < 4.78 is 49.8. The Labute approximate surface area is 205 Å². The molecule has 0 spiro atoms. The van der Waals surface area contributed by atoms with Gasteiger partial charge in [-0.05, 0) is 68.0 Å². The monoisotopic (exact) mass is 494 g/mol. The van der Waals surface area contributed by atoms with Crippen molar-refractivity contribution in [3.05, 3.63) is 94.6 Å². The Kier molecular flexibility index (Phi) is 8.12. The van der Waals surface area contributed by atoms with Gasteiger partial charge in [-0.1, -0.05) is 29.8 Å². The predicted octanol–water partition coefficient (Wildman–Crippen LogP) is 6.18. The van der Waals surface area contributed by atoms with E-state index in [9.17, 15) is 28.0 Å². The number of aryl methyl sites for hydroxylation is 1. The molecule has 0 saturated carbocycles. The number of carbonyl (C=O) groups is 2. The van der Waals surface area contributed by atoms with Gasteiger partial charge in [-0.25, -0.2) is 4.79 Å². The fourth-order valence-electron chi connectivity index (χ4n) is 3.10. The minimum Gasteiger partial charge on any atom is -0.490 e. The van der Waals surface area contributed by atoms with Crippen LogP contribution in [0.4, 0.5) is 18.9 Å². The van der Waals surface area contributed by atoms with Gasteiger partial charge in [0.15, 0.2) is 11.5 Å². The third-order valence-corrected chi connectivity index (χ3v) is 4.88.